The fourth-order valence-electron chi connectivity index (χ4n) is 1.45. The molecule has 0 saturated carbocycles. The summed E-state index contributed by atoms with van der Waals surface area (Å²) in [6, 6.07) is 7.74. The summed E-state index contributed by atoms with van der Waals surface area (Å²) in [5.74, 6) is 0.545. The molecule has 0 aromatic heterocycles. The Hall–Kier alpha value is -0.710. The molecule has 0 saturated heterocycles. The molecule has 0 heterocycles. The number of rotatable bonds is 5. The average Bonchev–Trinajstić information content (AvgIpc) is 2.15. The summed E-state index contributed by atoms with van der Waals surface area (Å²) in [6.45, 7) is 4.38. The van der Waals surface area contributed by atoms with E-state index in [-0.39, 0.29) is 6.61 Å². The summed E-state index contributed by atoms with van der Waals surface area (Å²) in [6.07, 6.45) is 0.936. The van der Waals surface area contributed by atoms with Crippen LogP contribution in [0.4, 0.5) is 0 Å². The van der Waals surface area contributed by atoms with E-state index in [1.54, 1.807) is 0 Å². The first-order valence-electron chi connectivity index (χ1n) is 4.89. The van der Waals surface area contributed by atoms with Gasteiger partial charge in [-0.05, 0) is 23.5 Å². The zero-order chi connectivity index (χ0) is 11.3. The van der Waals surface area contributed by atoms with Crippen LogP contribution in [-0.4, -0.2) is 8.76 Å². The van der Waals surface area contributed by atoms with Crippen molar-refractivity contribution in [2.24, 2.45) is 5.92 Å². The van der Waals surface area contributed by atoms with Gasteiger partial charge in [-0.3, -0.25) is 4.18 Å². The normalized spacial score (nSPS) is 13.1. The van der Waals surface area contributed by atoms with Gasteiger partial charge in [0.2, 0.25) is 0 Å². The molecule has 0 radical (unpaired) electrons. The Morgan fingerprint density at radius 1 is 1.33 bits per heavy atom. The summed E-state index contributed by atoms with van der Waals surface area (Å²) in [5.41, 5.74) is 2.09. The molecule has 1 aromatic rings. The van der Waals surface area contributed by atoms with Gasteiger partial charge in [0.15, 0.2) is 0 Å². The lowest BCUT2D eigenvalue weighted by Crippen LogP contribution is -2.02. The minimum atomic E-state index is -2.44. The van der Waals surface area contributed by atoms with Crippen LogP contribution in [0.25, 0.3) is 0 Å². The van der Waals surface area contributed by atoms with E-state index in [4.69, 9.17) is 0 Å². The predicted octanol–water partition coefficient (Wildman–Crippen LogP) is 2.20. The highest BCUT2D eigenvalue weighted by Crippen LogP contribution is 2.14. The van der Waals surface area contributed by atoms with Gasteiger partial charge in [0.25, 0.3) is 0 Å². The summed E-state index contributed by atoms with van der Waals surface area (Å²) >= 11 is -2.44. The second-order valence-electron chi connectivity index (χ2n) is 3.83. The number of hydrogen-bond acceptors (Lipinski definition) is 3. The Morgan fingerprint density at radius 3 is 2.47 bits per heavy atom. The van der Waals surface area contributed by atoms with Gasteiger partial charge in [0.05, 0.1) is 18.0 Å². The molecule has 0 spiro atoms. The monoisotopic (exact) mass is 227 g/mol. The molecule has 0 aliphatic rings. The molecule has 84 valence electrons. The van der Waals surface area contributed by atoms with Crippen LogP contribution in [0.3, 0.4) is 0 Å². The smallest absolute Gasteiger partial charge is 0.0882 e. The Kier molecular flexibility index (Phi) is 4.94. The van der Waals surface area contributed by atoms with Crippen LogP contribution >= 0.6 is 0 Å². The molecule has 15 heavy (non-hydrogen) atoms. The van der Waals surface area contributed by atoms with E-state index >= 15 is 0 Å². The topological polar surface area (TPSA) is 49.4 Å². The summed E-state index contributed by atoms with van der Waals surface area (Å²) < 4.78 is 25.1. The predicted molar refractivity (Wildman–Crippen MR) is 58.7 cm³/mol. The highest BCUT2D eigenvalue weighted by Gasteiger charge is 2.04. The third-order valence-corrected chi connectivity index (χ3v) is 2.37. The molecule has 0 N–H and O–H groups in total. The van der Waals surface area contributed by atoms with Gasteiger partial charge in [0, 0.05) is 0 Å². The molecule has 3 nitrogen and oxygen atoms in total. The summed E-state index contributed by atoms with van der Waals surface area (Å²) in [7, 11) is 0. The molecule has 1 unspecified atom stereocenters. The number of hydrogen-bond donors (Lipinski definition) is 0. The van der Waals surface area contributed by atoms with Crippen molar-refractivity contribution in [1.82, 2.24) is 0 Å². The van der Waals surface area contributed by atoms with Crippen LogP contribution in [0, 0.1) is 5.92 Å². The fourth-order valence-corrected chi connectivity index (χ4v) is 1.67. The Balaban J connectivity index is 2.72. The lowest BCUT2D eigenvalue weighted by Gasteiger charge is -2.12. The lowest BCUT2D eigenvalue weighted by atomic mass is 9.98. The summed E-state index contributed by atoms with van der Waals surface area (Å²) in [4.78, 5) is 0. The molecular weight excluding hydrogens is 212 g/mol. The molecule has 0 aliphatic carbocycles. The van der Waals surface area contributed by atoms with Crippen molar-refractivity contribution in [1.29, 1.82) is 0 Å². The third-order valence-electron chi connectivity index (χ3n) is 2.06. The maximum Gasteiger partial charge on any atom is 0.0882 e. The quantitative estimate of drug-likeness (QED) is 0.724. The molecular formula is C11H15O3S-. The van der Waals surface area contributed by atoms with Gasteiger partial charge >= 0.3 is 0 Å². The van der Waals surface area contributed by atoms with E-state index < -0.39 is 11.4 Å². The van der Waals surface area contributed by atoms with Crippen LogP contribution in [0.2, 0.25) is 0 Å². The van der Waals surface area contributed by atoms with E-state index in [0.29, 0.717) is 5.92 Å². The van der Waals surface area contributed by atoms with Crippen molar-refractivity contribution in [3.63, 3.8) is 0 Å². The third kappa shape index (κ3) is 4.55. The average molecular weight is 227 g/mol. The van der Waals surface area contributed by atoms with Crippen molar-refractivity contribution in [3.05, 3.63) is 35.4 Å². The number of benzene rings is 1. The van der Waals surface area contributed by atoms with Gasteiger partial charge < -0.3 is 4.55 Å². The molecule has 1 rings (SSSR count). The zero-order valence-electron chi connectivity index (χ0n) is 8.93. The zero-order valence-corrected chi connectivity index (χ0v) is 9.75. The first-order chi connectivity index (χ1) is 7.09. The van der Waals surface area contributed by atoms with Gasteiger partial charge in [-0.25, -0.2) is 4.21 Å². The molecule has 1 atom stereocenters. The molecule has 0 bridgehead atoms. The van der Waals surface area contributed by atoms with Gasteiger partial charge in [-0.2, -0.15) is 0 Å². The maximum absolute atomic E-state index is 10.3. The first-order valence-corrected chi connectivity index (χ1v) is 5.89. The SMILES string of the molecule is CC(C)Cc1ccccc1COS(=O)[O-]. The standard InChI is InChI=1S/C11H16O3S/c1-9(2)7-10-5-3-4-6-11(10)8-14-15(12)13/h3-6,9H,7-8H2,1-2H3,(H,12,13)/p-1. The van der Waals surface area contributed by atoms with Gasteiger partial charge in [-0.1, -0.05) is 38.1 Å². The van der Waals surface area contributed by atoms with Crippen molar-refractivity contribution in [3.8, 4) is 0 Å². The highest BCUT2D eigenvalue weighted by atomic mass is 32.2. The Bertz CT molecular complexity index is 336. The minimum absolute atomic E-state index is 0.124. The van der Waals surface area contributed by atoms with E-state index in [1.807, 2.05) is 24.3 Å². The van der Waals surface area contributed by atoms with Gasteiger partial charge in [0.1, 0.15) is 0 Å². The molecule has 1 aromatic carbocycles. The largest absolute Gasteiger partial charge is 0.750 e. The van der Waals surface area contributed by atoms with Gasteiger partial charge in [-0.15, -0.1) is 0 Å². The van der Waals surface area contributed by atoms with Crippen LogP contribution in [0.1, 0.15) is 25.0 Å². The van der Waals surface area contributed by atoms with Crippen LogP contribution < -0.4 is 0 Å². The van der Waals surface area contributed by atoms with Crippen molar-refractivity contribution in [2.75, 3.05) is 0 Å². The highest BCUT2D eigenvalue weighted by molar-refractivity contribution is 7.74. The molecule has 0 amide bonds. The van der Waals surface area contributed by atoms with E-state index in [2.05, 4.69) is 18.0 Å². The fraction of sp³-hybridized carbons (Fsp3) is 0.455. The Labute approximate surface area is 93.0 Å². The summed E-state index contributed by atoms with van der Waals surface area (Å²) in [5, 5.41) is 0. The van der Waals surface area contributed by atoms with Crippen molar-refractivity contribution in [2.45, 2.75) is 26.9 Å². The second kappa shape index (κ2) is 6.00. The van der Waals surface area contributed by atoms with Crippen LogP contribution in [-0.2, 0) is 28.6 Å². The second-order valence-corrected chi connectivity index (χ2v) is 4.48. The van der Waals surface area contributed by atoms with Crippen LogP contribution in [0.15, 0.2) is 24.3 Å². The molecule has 0 aliphatic heterocycles. The minimum Gasteiger partial charge on any atom is -0.750 e. The van der Waals surface area contributed by atoms with Crippen LogP contribution in [0.5, 0.6) is 0 Å². The van der Waals surface area contributed by atoms with E-state index in [9.17, 15) is 8.76 Å². The molecule has 0 fully saturated rings. The van der Waals surface area contributed by atoms with E-state index in [1.165, 1.54) is 0 Å². The molecule has 4 heteroatoms. The Morgan fingerprint density at radius 2 is 1.93 bits per heavy atom. The first kappa shape index (κ1) is 12.4. The van der Waals surface area contributed by atoms with Crippen molar-refractivity contribution >= 4 is 11.4 Å². The maximum atomic E-state index is 10.3. The van der Waals surface area contributed by atoms with Crippen molar-refractivity contribution < 1.29 is 12.9 Å². The van der Waals surface area contributed by atoms with E-state index in [0.717, 1.165) is 17.5 Å². The lowest BCUT2D eigenvalue weighted by molar-refractivity contribution is 0.289.